The molecule has 2 aromatic heterocycles. The highest BCUT2D eigenvalue weighted by Gasteiger charge is 2.22. The third kappa shape index (κ3) is 3.19. The molecule has 23 heavy (non-hydrogen) atoms. The van der Waals surface area contributed by atoms with Gasteiger partial charge in [0.2, 0.25) is 0 Å². The van der Waals surface area contributed by atoms with Crippen molar-refractivity contribution in [2.45, 2.75) is 25.3 Å². The molecule has 0 amide bonds. The first-order valence-electron chi connectivity index (χ1n) is 8.19. The van der Waals surface area contributed by atoms with Crippen molar-refractivity contribution >= 4 is 0 Å². The highest BCUT2D eigenvalue weighted by Crippen LogP contribution is 2.27. The standard InChI is InChI=1S/C18H21N5/c1-2-5-14(6-3-1)18-9-17(21-22-18)13-23-8-4-7-15(12-23)16-10-19-20-11-16/h1-3,5-6,9-11,15H,4,7-8,12-13H2,(H,19,20)(H,21,22). The number of nitrogens with one attached hydrogen (secondary N) is 2. The summed E-state index contributed by atoms with van der Waals surface area (Å²) in [7, 11) is 0. The topological polar surface area (TPSA) is 60.6 Å². The quantitative estimate of drug-likeness (QED) is 0.778. The fourth-order valence-corrected chi connectivity index (χ4v) is 3.40. The minimum atomic E-state index is 0.582. The minimum absolute atomic E-state index is 0.582. The number of aromatic nitrogens is 4. The van der Waals surface area contributed by atoms with Gasteiger partial charge < -0.3 is 0 Å². The molecule has 1 aliphatic heterocycles. The van der Waals surface area contributed by atoms with Crippen LogP contribution in [0.5, 0.6) is 0 Å². The minimum Gasteiger partial charge on any atom is -0.297 e. The van der Waals surface area contributed by atoms with Gasteiger partial charge in [-0.05, 0) is 36.9 Å². The van der Waals surface area contributed by atoms with Gasteiger partial charge in [0.05, 0.1) is 11.9 Å². The van der Waals surface area contributed by atoms with Gasteiger partial charge in [-0.1, -0.05) is 30.3 Å². The Morgan fingerprint density at radius 2 is 2.13 bits per heavy atom. The van der Waals surface area contributed by atoms with E-state index in [0.717, 1.165) is 30.9 Å². The molecule has 4 rings (SSSR count). The molecule has 1 unspecified atom stereocenters. The van der Waals surface area contributed by atoms with E-state index in [2.05, 4.69) is 43.5 Å². The fourth-order valence-electron chi connectivity index (χ4n) is 3.40. The van der Waals surface area contributed by atoms with Crippen LogP contribution in [0.25, 0.3) is 11.3 Å². The molecule has 5 nitrogen and oxygen atoms in total. The molecule has 1 saturated heterocycles. The second-order valence-corrected chi connectivity index (χ2v) is 6.25. The van der Waals surface area contributed by atoms with Crippen molar-refractivity contribution < 1.29 is 0 Å². The molecule has 2 N–H and O–H groups in total. The van der Waals surface area contributed by atoms with E-state index in [-0.39, 0.29) is 0 Å². The number of hydrogen-bond donors (Lipinski definition) is 2. The Labute approximate surface area is 135 Å². The average Bonchev–Trinajstić information content (AvgIpc) is 3.28. The van der Waals surface area contributed by atoms with E-state index < -0.39 is 0 Å². The number of hydrogen-bond acceptors (Lipinski definition) is 3. The summed E-state index contributed by atoms with van der Waals surface area (Å²) in [5.74, 6) is 0.582. The molecule has 0 aliphatic carbocycles. The molecule has 1 aliphatic rings. The van der Waals surface area contributed by atoms with Gasteiger partial charge in [0.15, 0.2) is 0 Å². The lowest BCUT2D eigenvalue weighted by Crippen LogP contribution is -2.33. The van der Waals surface area contributed by atoms with Crippen molar-refractivity contribution in [3.63, 3.8) is 0 Å². The molecule has 3 heterocycles. The normalized spacial score (nSPS) is 19.0. The van der Waals surface area contributed by atoms with Gasteiger partial charge in [-0.25, -0.2) is 0 Å². The van der Waals surface area contributed by atoms with E-state index >= 15 is 0 Å². The number of likely N-dealkylation sites (tertiary alicyclic amines) is 1. The van der Waals surface area contributed by atoms with Crippen molar-refractivity contribution in [2.24, 2.45) is 0 Å². The maximum atomic E-state index is 4.45. The first kappa shape index (κ1) is 14.2. The summed E-state index contributed by atoms with van der Waals surface area (Å²) in [6, 6.07) is 12.5. The zero-order valence-electron chi connectivity index (χ0n) is 13.1. The zero-order valence-corrected chi connectivity index (χ0v) is 13.1. The summed E-state index contributed by atoms with van der Waals surface area (Å²) >= 11 is 0. The molecule has 1 fully saturated rings. The van der Waals surface area contributed by atoms with Gasteiger partial charge in [-0.2, -0.15) is 10.2 Å². The number of rotatable bonds is 4. The van der Waals surface area contributed by atoms with Crippen LogP contribution in [0.1, 0.15) is 30.0 Å². The largest absolute Gasteiger partial charge is 0.297 e. The first-order chi connectivity index (χ1) is 11.4. The highest BCUT2D eigenvalue weighted by atomic mass is 15.2. The van der Waals surface area contributed by atoms with Gasteiger partial charge in [0.1, 0.15) is 0 Å². The lowest BCUT2D eigenvalue weighted by Gasteiger charge is -2.31. The molecule has 0 saturated carbocycles. The molecule has 118 valence electrons. The van der Waals surface area contributed by atoms with Crippen LogP contribution in [-0.2, 0) is 6.54 Å². The molecule has 5 heteroatoms. The SMILES string of the molecule is c1ccc(-c2cc(CN3CCCC(c4cn[nH]c4)C3)[nH]n2)cc1. The van der Waals surface area contributed by atoms with E-state index in [1.54, 1.807) is 0 Å². The summed E-state index contributed by atoms with van der Waals surface area (Å²) in [5.41, 5.74) is 4.68. The third-order valence-corrected chi connectivity index (χ3v) is 4.59. The highest BCUT2D eigenvalue weighted by molar-refractivity contribution is 5.58. The van der Waals surface area contributed by atoms with Crippen molar-refractivity contribution in [3.05, 3.63) is 60.0 Å². The Morgan fingerprint density at radius 3 is 2.96 bits per heavy atom. The summed E-state index contributed by atoms with van der Waals surface area (Å²) in [6.45, 7) is 3.15. The molecule has 0 bridgehead atoms. The molecular formula is C18H21N5. The van der Waals surface area contributed by atoms with Gasteiger partial charge in [-0.3, -0.25) is 15.1 Å². The molecule has 3 aromatic rings. The van der Waals surface area contributed by atoms with Crippen molar-refractivity contribution in [2.75, 3.05) is 13.1 Å². The number of H-pyrrole nitrogens is 2. The first-order valence-corrected chi connectivity index (χ1v) is 8.19. The monoisotopic (exact) mass is 307 g/mol. The number of benzene rings is 1. The van der Waals surface area contributed by atoms with Crippen LogP contribution in [-0.4, -0.2) is 38.4 Å². The third-order valence-electron chi connectivity index (χ3n) is 4.59. The molecule has 1 atom stereocenters. The fraction of sp³-hybridized carbons (Fsp3) is 0.333. The average molecular weight is 307 g/mol. The molecule has 1 aromatic carbocycles. The maximum absolute atomic E-state index is 4.45. The second kappa shape index (κ2) is 6.38. The summed E-state index contributed by atoms with van der Waals surface area (Å²) < 4.78 is 0. The predicted octanol–water partition coefficient (Wildman–Crippen LogP) is 3.18. The van der Waals surface area contributed by atoms with Crippen molar-refractivity contribution in [3.8, 4) is 11.3 Å². The van der Waals surface area contributed by atoms with E-state index in [4.69, 9.17) is 0 Å². The van der Waals surface area contributed by atoms with Crippen LogP contribution in [0.15, 0.2) is 48.8 Å². The van der Waals surface area contributed by atoms with E-state index in [9.17, 15) is 0 Å². The Balaban J connectivity index is 1.43. The van der Waals surface area contributed by atoms with Crippen LogP contribution in [0, 0.1) is 0 Å². The summed E-state index contributed by atoms with van der Waals surface area (Å²) in [5, 5.41) is 14.7. The smallest absolute Gasteiger partial charge is 0.0924 e. The Hall–Kier alpha value is -2.40. The maximum Gasteiger partial charge on any atom is 0.0924 e. The molecular weight excluding hydrogens is 286 g/mol. The number of aromatic amines is 2. The van der Waals surface area contributed by atoms with Gasteiger partial charge in [0, 0.05) is 30.5 Å². The van der Waals surface area contributed by atoms with Crippen LogP contribution in [0.3, 0.4) is 0 Å². The van der Waals surface area contributed by atoms with Gasteiger partial charge in [0.25, 0.3) is 0 Å². The molecule has 0 spiro atoms. The van der Waals surface area contributed by atoms with Gasteiger partial charge >= 0.3 is 0 Å². The van der Waals surface area contributed by atoms with E-state index in [1.165, 1.54) is 24.1 Å². The van der Waals surface area contributed by atoms with Crippen LogP contribution < -0.4 is 0 Å². The van der Waals surface area contributed by atoms with Crippen LogP contribution in [0.4, 0.5) is 0 Å². The lowest BCUT2D eigenvalue weighted by molar-refractivity contribution is 0.198. The van der Waals surface area contributed by atoms with Crippen LogP contribution >= 0.6 is 0 Å². The van der Waals surface area contributed by atoms with Gasteiger partial charge in [-0.15, -0.1) is 0 Å². The Kier molecular flexibility index (Phi) is 3.94. The molecule has 0 radical (unpaired) electrons. The van der Waals surface area contributed by atoms with E-state index in [1.807, 2.05) is 30.6 Å². The van der Waals surface area contributed by atoms with E-state index in [0.29, 0.717) is 5.92 Å². The van der Waals surface area contributed by atoms with Crippen molar-refractivity contribution in [1.82, 2.24) is 25.3 Å². The summed E-state index contributed by atoms with van der Waals surface area (Å²) in [4.78, 5) is 2.50. The van der Waals surface area contributed by atoms with Crippen LogP contribution in [0.2, 0.25) is 0 Å². The Bertz CT molecular complexity index is 732. The lowest BCUT2D eigenvalue weighted by atomic mass is 9.93. The number of nitrogens with zero attached hydrogens (tertiary/aromatic N) is 3. The zero-order chi connectivity index (χ0) is 15.5. The van der Waals surface area contributed by atoms with Crippen molar-refractivity contribution in [1.29, 1.82) is 0 Å². The summed E-state index contributed by atoms with van der Waals surface area (Å²) in [6.07, 6.45) is 6.46. The Morgan fingerprint density at radius 1 is 1.22 bits per heavy atom. The number of piperidine rings is 1. The predicted molar refractivity (Wildman–Crippen MR) is 89.9 cm³/mol. The second-order valence-electron chi connectivity index (χ2n) is 6.25.